The SMILES string of the molecule is COc1ccc(-c2nc3ccc(C)cn3c2CC#N)cc1C. The number of hydrogen-bond acceptors (Lipinski definition) is 3. The van der Waals surface area contributed by atoms with E-state index in [-0.39, 0.29) is 0 Å². The number of methoxy groups -OCH3 is 1. The number of hydrogen-bond donors (Lipinski definition) is 0. The first-order valence-electron chi connectivity index (χ1n) is 7.13. The molecule has 2 heterocycles. The number of pyridine rings is 1. The fourth-order valence-electron chi connectivity index (χ4n) is 2.70. The van der Waals surface area contributed by atoms with Gasteiger partial charge >= 0.3 is 0 Å². The molecule has 22 heavy (non-hydrogen) atoms. The summed E-state index contributed by atoms with van der Waals surface area (Å²) in [6.07, 6.45) is 2.35. The Labute approximate surface area is 129 Å². The minimum atomic E-state index is 0.324. The van der Waals surface area contributed by atoms with Crippen LogP contribution < -0.4 is 4.74 Å². The van der Waals surface area contributed by atoms with Gasteiger partial charge in [-0.3, -0.25) is 0 Å². The van der Waals surface area contributed by atoms with Crippen molar-refractivity contribution in [2.45, 2.75) is 20.3 Å². The van der Waals surface area contributed by atoms with Crippen LogP contribution in [0, 0.1) is 25.2 Å². The summed E-state index contributed by atoms with van der Waals surface area (Å²) in [7, 11) is 1.66. The monoisotopic (exact) mass is 291 g/mol. The van der Waals surface area contributed by atoms with Gasteiger partial charge < -0.3 is 9.14 Å². The van der Waals surface area contributed by atoms with E-state index in [4.69, 9.17) is 15.0 Å². The minimum Gasteiger partial charge on any atom is -0.496 e. The van der Waals surface area contributed by atoms with Crippen molar-refractivity contribution in [3.05, 3.63) is 53.3 Å². The lowest BCUT2D eigenvalue weighted by Gasteiger charge is -2.07. The summed E-state index contributed by atoms with van der Waals surface area (Å²) in [4.78, 5) is 4.71. The van der Waals surface area contributed by atoms with E-state index in [9.17, 15) is 0 Å². The number of nitriles is 1. The number of aryl methyl sites for hydroxylation is 2. The van der Waals surface area contributed by atoms with Gasteiger partial charge in [0, 0.05) is 11.8 Å². The molecule has 0 N–H and O–H groups in total. The van der Waals surface area contributed by atoms with E-state index in [1.807, 2.05) is 54.8 Å². The molecule has 0 spiro atoms. The summed E-state index contributed by atoms with van der Waals surface area (Å²) in [5.41, 5.74) is 5.84. The molecule has 0 unspecified atom stereocenters. The van der Waals surface area contributed by atoms with E-state index in [1.165, 1.54) is 0 Å². The second-order valence-corrected chi connectivity index (χ2v) is 5.36. The van der Waals surface area contributed by atoms with Crippen LogP contribution >= 0.6 is 0 Å². The molecule has 1 aromatic carbocycles. The molecule has 3 aromatic rings. The van der Waals surface area contributed by atoms with Crippen molar-refractivity contribution in [1.82, 2.24) is 9.38 Å². The molecule has 0 saturated heterocycles. The van der Waals surface area contributed by atoms with E-state index in [2.05, 4.69) is 6.07 Å². The molecule has 0 bridgehead atoms. The van der Waals surface area contributed by atoms with Crippen LogP contribution in [0.3, 0.4) is 0 Å². The van der Waals surface area contributed by atoms with Crippen molar-refractivity contribution < 1.29 is 4.74 Å². The quantitative estimate of drug-likeness (QED) is 0.739. The molecule has 0 fully saturated rings. The summed E-state index contributed by atoms with van der Waals surface area (Å²) in [5.74, 6) is 0.852. The van der Waals surface area contributed by atoms with Crippen LogP contribution in [-0.4, -0.2) is 16.5 Å². The smallest absolute Gasteiger partial charge is 0.137 e. The Hall–Kier alpha value is -2.80. The fourth-order valence-corrected chi connectivity index (χ4v) is 2.70. The summed E-state index contributed by atoms with van der Waals surface area (Å²) in [6.45, 7) is 4.04. The molecule has 0 aliphatic heterocycles. The highest BCUT2D eigenvalue weighted by atomic mass is 16.5. The van der Waals surface area contributed by atoms with Crippen LogP contribution in [0.1, 0.15) is 16.8 Å². The van der Waals surface area contributed by atoms with Crippen molar-refractivity contribution in [3.8, 4) is 23.1 Å². The van der Waals surface area contributed by atoms with Gasteiger partial charge in [-0.1, -0.05) is 6.07 Å². The largest absolute Gasteiger partial charge is 0.496 e. The standard InChI is InChI=1S/C18H17N3O/c1-12-4-7-17-20-18(15(8-9-19)21(17)11-12)14-5-6-16(22-3)13(2)10-14/h4-7,10-11H,8H2,1-3H3. The van der Waals surface area contributed by atoms with Crippen molar-refractivity contribution in [1.29, 1.82) is 5.26 Å². The predicted octanol–water partition coefficient (Wildman–Crippen LogP) is 3.69. The highest BCUT2D eigenvalue weighted by Crippen LogP contribution is 2.29. The van der Waals surface area contributed by atoms with Gasteiger partial charge in [-0.25, -0.2) is 4.98 Å². The number of aromatic nitrogens is 2. The van der Waals surface area contributed by atoms with Gasteiger partial charge in [-0.2, -0.15) is 5.26 Å². The molecule has 4 heteroatoms. The van der Waals surface area contributed by atoms with Crippen LogP contribution in [0.15, 0.2) is 36.5 Å². The van der Waals surface area contributed by atoms with E-state index in [1.54, 1.807) is 7.11 Å². The van der Waals surface area contributed by atoms with Crippen LogP contribution in [0.5, 0.6) is 5.75 Å². The van der Waals surface area contributed by atoms with Gasteiger partial charge in [0.1, 0.15) is 11.4 Å². The van der Waals surface area contributed by atoms with E-state index in [0.717, 1.165) is 39.5 Å². The lowest BCUT2D eigenvalue weighted by Crippen LogP contribution is -1.95. The van der Waals surface area contributed by atoms with E-state index >= 15 is 0 Å². The maximum absolute atomic E-state index is 9.16. The molecule has 2 aromatic heterocycles. The van der Waals surface area contributed by atoms with E-state index in [0.29, 0.717) is 6.42 Å². The van der Waals surface area contributed by atoms with Crippen molar-refractivity contribution in [2.24, 2.45) is 0 Å². The zero-order valence-electron chi connectivity index (χ0n) is 12.9. The number of nitrogens with zero attached hydrogens (tertiary/aromatic N) is 3. The van der Waals surface area contributed by atoms with Crippen molar-refractivity contribution in [3.63, 3.8) is 0 Å². The first-order valence-corrected chi connectivity index (χ1v) is 7.13. The number of fused-ring (bicyclic) bond motifs is 1. The van der Waals surface area contributed by atoms with Crippen LogP contribution in [-0.2, 0) is 6.42 Å². The summed E-state index contributed by atoms with van der Waals surface area (Å²) >= 11 is 0. The molecule has 0 aliphatic carbocycles. The Bertz CT molecular complexity index is 887. The molecule has 0 atom stereocenters. The average Bonchev–Trinajstić information content (AvgIpc) is 2.86. The third kappa shape index (κ3) is 2.31. The molecule has 0 radical (unpaired) electrons. The first-order chi connectivity index (χ1) is 10.6. The Balaban J connectivity index is 2.24. The van der Waals surface area contributed by atoms with Crippen molar-refractivity contribution >= 4 is 5.65 Å². The van der Waals surface area contributed by atoms with Crippen molar-refractivity contribution in [2.75, 3.05) is 7.11 Å². The molecular weight excluding hydrogens is 274 g/mol. The lowest BCUT2D eigenvalue weighted by atomic mass is 10.1. The number of benzene rings is 1. The molecule has 3 rings (SSSR count). The second-order valence-electron chi connectivity index (χ2n) is 5.36. The minimum absolute atomic E-state index is 0.324. The number of rotatable bonds is 3. The summed E-state index contributed by atoms with van der Waals surface area (Å²) in [5, 5.41) is 9.16. The number of ether oxygens (including phenoxy) is 1. The third-order valence-electron chi connectivity index (χ3n) is 3.78. The Morgan fingerprint density at radius 3 is 2.73 bits per heavy atom. The second kappa shape index (κ2) is 5.53. The van der Waals surface area contributed by atoms with Gasteiger partial charge in [0.2, 0.25) is 0 Å². The molecule has 4 nitrogen and oxygen atoms in total. The maximum atomic E-state index is 9.16. The van der Waals surface area contributed by atoms with Gasteiger partial charge in [-0.05, 0) is 49.2 Å². The molecule has 110 valence electrons. The van der Waals surface area contributed by atoms with Crippen LogP contribution in [0.4, 0.5) is 0 Å². The lowest BCUT2D eigenvalue weighted by molar-refractivity contribution is 0.412. The Morgan fingerprint density at radius 1 is 1.23 bits per heavy atom. The molecule has 0 amide bonds. The third-order valence-corrected chi connectivity index (χ3v) is 3.78. The first kappa shape index (κ1) is 14.2. The van der Waals surface area contributed by atoms with Gasteiger partial charge in [-0.15, -0.1) is 0 Å². The Kier molecular flexibility index (Phi) is 3.56. The number of imidazole rings is 1. The zero-order chi connectivity index (χ0) is 15.7. The topological polar surface area (TPSA) is 50.3 Å². The molecule has 0 aliphatic rings. The highest BCUT2D eigenvalue weighted by molar-refractivity contribution is 5.68. The molecular formula is C18H17N3O. The fraction of sp³-hybridized carbons (Fsp3) is 0.222. The van der Waals surface area contributed by atoms with Crippen LogP contribution in [0.25, 0.3) is 16.9 Å². The average molecular weight is 291 g/mol. The Morgan fingerprint density at radius 2 is 2.05 bits per heavy atom. The summed E-state index contributed by atoms with van der Waals surface area (Å²) < 4.78 is 7.32. The van der Waals surface area contributed by atoms with E-state index < -0.39 is 0 Å². The zero-order valence-corrected chi connectivity index (χ0v) is 12.9. The van der Waals surface area contributed by atoms with Gasteiger partial charge in [0.15, 0.2) is 0 Å². The predicted molar refractivity (Wildman–Crippen MR) is 86.0 cm³/mol. The molecule has 0 saturated carbocycles. The highest BCUT2D eigenvalue weighted by Gasteiger charge is 2.14. The van der Waals surface area contributed by atoms with Gasteiger partial charge in [0.25, 0.3) is 0 Å². The normalized spacial score (nSPS) is 10.6. The van der Waals surface area contributed by atoms with Crippen LogP contribution in [0.2, 0.25) is 0 Å². The maximum Gasteiger partial charge on any atom is 0.137 e. The van der Waals surface area contributed by atoms with Gasteiger partial charge in [0.05, 0.1) is 31.0 Å². The summed E-state index contributed by atoms with van der Waals surface area (Å²) in [6, 6.07) is 12.2.